The van der Waals surface area contributed by atoms with Gasteiger partial charge in [-0.1, -0.05) is 19.8 Å². The smallest absolute Gasteiger partial charge is 0.346 e. The highest BCUT2D eigenvalue weighted by atomic mass is 19.1. The summed E-state index contributed by atoms with van der Waals surface area (Å²) in [4.78, 5) is 14.4. The molecule has 0 radical (unpaired) electrons. The van der Waals surface area contributed by atoms with Gasteiger partial charge in [-0.3, -0.25) is 0 Å². The van der Waals surface area contributed by atoms with Gasteiger partial charge in [0.05, 0.1) is 11.1 Å². The molecule has 28 heavy (non-hydrogen) atoms. The Morgan fingerprint density at radius 3 is 2.54 bits per heavy atom. The molecule has 0 bridgehead atoms. The van der Waals surface area contributed by atoms with E-state index >= 15 is 0 Å². The van der Waals surface area contributed by atoms with E-state index in [1.165, 1.54) is 37.1 Å². The van der Waals surface area contributed by atoms with Crippen LogP contribution in [0.4, 0.5) is 14.5 Å². The fraction of sp³-hybridized carbons (Fsp3) is 0.364. The highest BCUT2D eigenvalue weighted by Gasteiger charge is 2.21. The van der Waals surface area contributed by atoms with Gasteiger partial charge in [0, 0.05) is 24.8 Å². The number of esters is 1. The van der Waals surface area contributed by atoms with Crippen LogP contribution < -0.4 is 9.64 Å². The third kappa shape index (κ3) is 4.48. The molecule has 0 aliphatic carbocycles. The van der Waals surface area contributed by atoms with Crippen LogP contribution in [0.2, 0.25) is 0 Å². The van der Waals surface area contributed by atoms with Gasteiger partial charge in [-0.25, -0.2) is 13.6 Å². The molecule has 0 unspecified atom stereocenters. The first-order chi connectivity index (χ1) is 13.5. The van der Waals surface area contributed by atoms with E-state index in [-0.39, 0.29) is 16.9 Å². The molecule has 2 aromatic carbocycles. The maximum atomic E-state index is 14.5. The van der Waals surface area contributed by atoms with E-state index in [1.807, 2.05) is 0 Å². The molecule has 0 spiro atoms. The number of rotatable bonds is 5. The molecule has 6 heteroatoms. The van der Waals surface area contributed by atoms with Gasteiger partial charge in [-0.2, -0.15) is 5.26 Å². The predicted octanol–water partition coefficient (Wildman–Crippen LogP) is 5.07. The molecule has 1 heterocycles. The van der Waals surface area contributed by atoms with Crippen LogP contribution in [0, 0.1) is 28.9 Å². The van der Waals surface area contributed by atoms with E-state index in [2.05, 4.69) is 11.8 Å². The molecule has 1 aliphatic rings. The third-order valence-corrected chi connectivity index (χ3v) is 5.12. The molecule has 1 aliphatic heterocycles. The fourth-order valence-corrected chi connectivity index (χ4v) is 3.57. The maximum Gasteiger partial charge on any atom is 0.346 e. The number of piperidine rings is 1. The van der Waals surface area contributed by atoms with Crippen molar-refractivity contribution in [2.75, 3.05) is 18.0 Å². The maximum absolute atomic E-state index is 14.5. The lowest BCUT2D eigenvalue weighted by atomic mass is 9.92. The van der Waals surface area contributed by atoms with Crippen molar-refractivity contribution in [2.24, 2.45) is 5.92 Å². The molecular formula is C22H22F2N2O2. The molecule has 0 amide bonds. The summed E-state index contributed by atoms with van der Waals surface area (Å²) < 4.78 is 33.2. The van der Waals surface area contributed by atoms with E-state index in [4.69, 9.17) is 10.00 Å². The number of benzene rings is 2. The van der Waals surface area contributed by atoms with E-state index in [0.717, 1.165) is 43.6 Å². The highest BCUT2D eigenvalue weighted by Crippen LogP contribution is 2.27. The van der Waals surface area contributed by atoms with Gasteiger partial charge in [0.15, 0.2) is 0 Å². The molecule has 1 saturated heterocycles. The van der Waals surface area contributed by atoms with Gasteiger partial charge in [0.2, 0.25) is 0 Å². The molecule has 0 saturated carbocycles. The molecular weight excluding hydrogens is 362 g/mol. The Balaban J connectivity index is 1.68. The van der Waals surface area contributed by atoms with Crippen molar-refractivity contribution < 1.29 is 18.3 Å². The van der Waals surface area contributed by atoms with Gasteiger partial charge in [0.25, 0.3) is 0 Å². The summed E-state index contributed by atoms with van der Waals surface area (Å²) in [5, 5.41) is 8.73. The Labute approximate surface area is 163 Å². The molecule has 0 N–H and O–H groups in total. The average molecular weight is 384 g/mol. The van der Waals surface area contributed by atoms with Crippen molar-refractivity contribution in [1.29, 1.82) is 5.26 Å². The van der Waals surface area contributed by atoms with Crippen LogP contribution in [0.1, 0.15) is 48.5 Å². The Morgan fingerprint density at radius 1 is 1.18 bits per heavy atom. The van der Waals surface area contributed by atoms with E-state index < -0.39 is 17.6 Å². The second kappa shape index (κ2) is 8.83. The number of hydrogen-bond donors (Lipinski definition) is 0. The first kappa shape index (κ1) is 19.8. The van der Waals surface area contributed by atoms with Crippen LogP contribution in [-0.4, -0.2) is 19.1 Å². The van der Waals surface area contributed by atoms with E-state index in [1.54, 1.807) is 12.1 Å². The minimum absolute atomic E-state index is 0.0806. The van der Waals surface area contributed by atoms with Crippen molar-refractivity contribution in [3.05, 3.63) is 59.2 Å². The lowest BCUT2D eigenvalue weighted by Gasteiger charge is -2.33. The minimum Gasteiger partial charge on any atom is -0.423 e. The van der Waals surface area contributed by atoms with Crippen LogP contribution in [0.15, 0.2) is 36.4 Å². The van der Waals surface area contributed by atoms with Crippen molar-refractivity contribution >= 4 is 11.7 Å². The predicted molar refractivity (Wildman–Crippen MR) is 102 cm³/mol. The second-order valence-electron chi connectivity index (χ2n) is 7.03. The SMILES string of the molecule is CCCC1CCN(c2ccc(C(=O)Oc3ccc(C#N)c(F)c3)c(F)c2)CC1. The molecule has 146 valence electrons. The number of halogens is 2. The largest absolute Gasteiger partial charge is 0.423 e. The first-order valence-corrected chi connectivity index (χ1v) is 9.48. The van der Waals surface area contributed by atoms with Crippen LogP contribution in [-0.2, 0) is 0 Å². The van der Waals surface area contributed by atoms with Crippen molar-refractivity contribution in [3.8, 4) is 11.8 Å². The van der Waals surface area contributed by atoms with Gasteiger partial charge in [-0.05, 0) is 49.1 Å². The van der Waals surface area contributed by atoms with Crippen LogP contribution >= 0.6 is 0 Å². The molecule has 0 aromatic heterocycles. The molecule has 4 nitrogen and oxygen atoms in total. The summed E-state index contributed by atoms with van der Waals surface area (Å²) in [6, 6.07) is 9.57. The first-order valence-electron chi connectivity index (χ1n) is 9.48. The molecule has 0 atom stereocenters. The fourth-order valence-electron chi connectivity index (χ4n) is 3.57. The van der Waals surface area contributed by atoms with Gasteiger partial charge in [-0.15, -0.1) is 0 Å². The minimum atomic E-state index is -0.908. The zero-order valence-electron chi connectivity index (χ0n) is 15.8. The lowest BCUT2D eigenvalue weighted by Crippen LogP contribution is -2.33. The van der Waals surface area contributed by atoms with E-state index in [0.29, 0.717) is 0 Å². The monoisotopic (exact) mass is 384 g/mol. The Morgan fingerprint density at radius 2 is 1.93 bits per heavy atom. The standard InChI is InChI=1S/C22H22F2N2O2/c1-2-3-15-8-10-26(11-9-15)17-5-7-19(21(24)12-17)22(27)28-18-6-4-16(14-25)20(23)13-18/h4-7,12-13,15H,2-3,8-11H2,1H3. The van der Waals surface area contributed by atoms with Crippen LogP contribution in [0.3, 0.4) is 0 Å². The summed E-state index contributed by atoms with van der Waals surface area (Å²) in [7, 11) is 0. The number of ether oxygens (including phenoxy) is 1. The van der Waals surface area contributed by atoms with Gasteiger partial charge in [0.1, 0.15) is 23.5 Å². The zero-order valence-corrected chi connectivity index (χ0v) is 15.8. The normalized spacial score (nSPS) is 14.6. The third-order valence-electron chi connectivity index (χ3n) is 5.12. The summed E-state index contributed by atoms with van der Waals surface area (Å²) >= 11 is 0. The van der Waals surface area contributed by atoms with Crippen molar-refractivity contribution in [1.82, 2.24) is 0 Å². The molecule has 1 fully saturated rings. The second-order valence-corrected chi connectivity index (χ2v) is 7.03. The summed E-state index contributed by atoms with van der Waals surface area (Å²) in [6.07, 6.45) is 4.58. The van der Waals surface area contributed by atoms with Gasteiger partial charge >= 0.3 is 5.97 Å². The number of hydrogen-bond acceptors (Lipinski definition) is 4. The summed E-state index contributed by atoms with van der Waals surface area (Å²) in [5.41, 5.74) is 0.376. The van der Waals surface area contributed by atoms with Crippen molar-refractivity contribution in [3.63, 3.8) is 0 Å². The Bertz CT molecular complexity index is 900. The lowest BCUT2D eigenvalue weighted by molar-refractivity contribution is 0.0729. The summed E-state index contributed by atoms with van der Waals surface area (Å²) in [5.74, 6) is -1.73. The number of nitrogens with zero attached hydrogens (tertiary/aromatic N) is 2. The highest BCUT2D eigenvalue weighted by molar-refractivity contribution is 5.91. The Kier molecular flexibility index (Phi) is 6.25. The molecule has 2 aromatic rings. The van der Waals surface area contributed by atoms with Crippen LogP contribution in [0.25, 0.3) is 0 Å². The molecule has 3 rings (SSSR count). The van der Waals surface area contributed by atoms with E-state index in [9.17, 15) is 13.6 Å². The number of anilines is 1. The average Bonchev–Trinajstić information content (AvgIpc) is 2.69. The quantitative estimate of drug-likeness (QED) is 0.533. The number of carbonyl (C=O) groups excluding carboxylic acids is 1. The number of carbonyl (C=O) groups is 1. The van der Waals surface area contributed by atoms with Crippen LogP contribution in [0.5, 0.6) is 5.75 Å². The Hall–Kier alpha value is -2.94. The zero-order chi connectivity index (χ0) is 20.1. The van der Waals surface area contributed by atoms with Gasteiger partial charge < -0.3 is 9.64 Å². The van der Waals surface area contributed by atoms with Crippen molar-refractivity contribution in [2.45, 2.75) is 32.6 Å². The summed E-state index contributed by atoms with van der Waals surface area (Å²) in [6.45, 7) is 3.93. The number of nitriles is 1. The topological polar surface area (TPSA) is 53.3 Å².